The van der Waals surface area contributed by atoms with Gasteiger partial charge in [-0.15, -0.1) is 0 Å². The van der Waals surface area contributed by atoms with Crippen LogP contribution >= 0.6 is 0 Å². The Hall–Kier alpha value is -2.63. The zero-order valence-corrected chi connectivity index (χ0v) is 15.0. The average Bonchev–Trinajstić information content (AvgIpc) is 3.32. The molecule has 3 aliphatic rings. The average molecular weight is 354 g/mol. The van der Waals surface area contributed by atoms with E-state index in [-0.39, 0.29) is 35.7 Å². The quantitative estimate of drug-likeness (QED) is 0.778. The molecule has 26 heavy (non-hydrogen) atoms. The van der Waals surface area contributed by atoms with E-state index >= 15 is 0 Å². The molecule has 2 heterocycles. The Labute approximate surface area is 152 Å². The number of amides is 2. The van der Waals surface area contributed by atoms with Crippen LogP contribution in [0.2, 0.25) is 0 Å². The fourth-order valence-corrected chi connectivity index (χ4v) is 4.52. The third-order valence-corrected chi connectivity index (χ3v) is 5.83. The van der Waals surface area contributed by atoms with Crippen molar-refractivity contribution >= 4 is 23.5 Å². The maximum Gasteiger partial charge on any atom is 0.311 e. The van der Waals surface area contributed by atoms with Crippen molar-refractivity contribution in [1.82, 2.24) is 9.80 Å². The molecule has 1 aromatic rings. The first-order chi connectivity index (χ1) is 12.5. The van der Waals surface area contributed by atoms with Gasteiger partial charge in [0, 0.05) is 29.9 Å². The molecule has 0 aromatic heterocycles. The number of rotatable bonds is 3. The molecule has 136 valence electrons. The molecule has 2 fully saturated rings. The topological polar surface area (TPSA) is 66.9 Å². The highest BCUT2D eigenvalue weighted by Crippen LogP contribution is 2.50. The summed E-state index contributed by atoms with van der Waals surface area (Å²) in [4.78, 5) is 41.2. The van der Waals surface area contributed by atoms with Gasteiger partial charge >= 0.3 is 5.97 Å². The molecule has 2 amide bonds. The summed E-state index contributed by atoms with van der Waals surface area (Å²) >= 11 is 0. The first kappa shape index (κ1) is 16.8. The fraction of sp³-hybridized carbons (Fsp3) is 0.450. The van der Waals surface area contributed by atoms with Gasteiger partial charge in [0.05, 0.1) is 12.5 Å². The number of ether oxygens (including phenoxy) is 1. The van der Waals surface area contributed by atoms with Crippen LogP contribution in [0, 0.1) is 11.8 Å². The lowest BCUT2D eigenvalue weighted by atomic mass is 10.1. The van der Waals surface area contributed by atoms with Crippen molar-refractivity contribution in [2.24, 2.45) is 11.8 Å². The molecule has 2 aliphatic heterocycles. The van der Waals surface area contributed by atoms with E-state index in [2.05, 4.69) is 6.58 Å². The van der Waals surface area contributed by atoms with Gasteiger partial charge in [0.1, 0.15) is 6.04 Å². The molecule has 1 saturated carbocycles. The molecule has 0 bridgehead atoms. The number of hydrogen-bond acceptors (Lipinski definition) is 4. The highest BCUT2D eigenvalue weighted by molar-refractivity contribution is 6.11. The molecule has 0 spiro atoms. The first-order valence-corrected chi connectivity index (χ1v) is 9.02. The maximum absolute atomic E-state index is 13.1. The molecule has 6 nitrogen and oxygen atoms in total. The van der Waals surface area contributed by atoms with Crippen LogP contribution in [0.25, 0.3) is 5.70 Å². The monoisotopic (exact) mass is 354 g/mol. The zero-order chi connectivity index (χ0) is 18.6. The summed E-state index contributed by atoms with van der Waals surface area (Å²) in [6.07, 6.45) is 1.24. The second kappa shape index (κ2) is 5.97. The Morgan fingerprint density at radius 3 is 2.58 bits per heavy atom. The molecular weight excluding hydrogens is 332 g/mol. The molecule has 4 atom stereocenters. The predicted molar refractivity (Wildman–Crippen MR) is 94.8 cm³/mol. The smallest absolute Gasteiger partial charge is 0.311 e. The number of carbonyl (C=O) groups is 3. The lowest BCUT2D eigenvalue weighted by Gasteiger charge is -2.30. The van der Waals surface area contributed by atoms with Crippen LogP contribution in [0.3, 0.4) is 0 Å². The lowest BCUT2D eigenvalue weighted by Crippen LogP contribution is -2.47. The van der Waals surface area contributed by atoms with Crippen LogP contribution < -0.4 is 0 Å². The summed E-state index contributed by atoms with van der Waals surface area (Å²) in [6, 6.07) is 6.61. The molecule has 4 rings (SSSR count). The van der Waals surface area contributed by atoms with Gasteiger partial charge in [-0.1, -0.05) is 24.8 Å². The van der Waals surface area contributed by atoms with Gasteiger partial charge in [-0.2, -0.15) is 0 Å². The van der Waals surface area contributed by atoms with Crippen LogP contribution in [0.5, 0.6) is 0 Å². The van der Waals surface area contributed by atoms with E-state index in [1.165, 1.54) is 4.90 Å². The minimum atomic E-state index is -0.567. The number of likely N-dealkylation sites (tertiary alicyclic amines) is 1. The van der Waals surface area contributed by atoms with Crippen molar-refractivity contribution < 1.29 is 19.1 Å². The van der Waals surface area contributed by atoms with Crippen molar-refractivity contribution in [3.05, 3.63) is 42.0 Å². The minimum Gasteiger partial charge on any atom is -0.466 e. The third kappa shape index (κ3) is 2.28. The highest BCUT2D eigenvalue weighted by atomic mass is 16.5. The predicted octanol–water partition coefficient (Wildman–Crippen LogP) is 1.91. The lowest BCUT2D eigenvalue weighted by molar-refractivity contribution is -0.146. The largest absolute Gasteiger partial charge is 0.466 e. The van der Waals surface area contributed by atoms with Crippen LogP contribution in [-0.4, -0.2) is 53.3 Å². The van der Waals surface area contributed by atoms with Gasteiger partial charge < -0.3 is 9.64 Å². The van der Waals surface area contributed by atoms with Crippen LogP contribution in [-0.2, 0) is 14.3 Å². The van der Waals surface area contributed by atoms with Crippen LogP contribution in [0.15, 0.2) is 30.8 Å². The van der Waals surface area contributed by atoms with Gasteiger partial charge in [0.15, 0.2) is 0 Å². The van der Waals surface area contributed by atoms with E-state index in [0.29, 0.717) is 30.7 Å². The van der Waals surface area contributed by atoms with Gasteiger partial charge in [-0.3, -0.25) is 19.3 Å². The van der Waals surface area contributed by atoms with E-state index in [4.69, 9.17) is 4.74 Å². The molecule has 0 N–H and O–H groups in total. The molecule has 0 radical (unpaired) electrons. The second-order valence-electron chi connectivity index (χ2n) is 7.14. The zero-order valence-electron chi connectivity index (χ0n) is 15.0. The molecule has 6 heteroatoms. The molecule has 1 saturated heterocycles. The second-order valence-corrected chi connectivity index (χ2v) is 7.14. The molecule has 1 aromatic carbocycles. The van der Waals surface area contributed by atoms with Crippen molar-refractivity contribution in [2.75, 3.05) is 13.7 Å². The van der Waals surface area contributed by atoms with E-state index in [1.54, 1.807) is 24.9 Å². The van der Waals surface area contributed by atoms with Gasteiger partial charge in [0.25, 0.3) is 5.91 Å². The standard InChI is InChI=1S/C20H22N2O4/c1-4-26-20(25)16-14-9-10-15(19(24)21(3)17(14)16)22-11(2)12-7-5-6-8-13(12)18(22)23/h5-8,14-17H,2,4,9-10H2,1,3H3/t14?,15-,16?,17?/m0/s1. The Kier molecular flexibility index (Phi) is 3.86. The normalized spacial score (nSPS) is 30.0. The van der Waals surface area contributed by atoms with Crippen LogP contribution in [0.4, 0.5) is 0 Å². The van der Waals surface area contributed by atoms with Gasteiger partial charge in [-0.05, 0) is 31.7 Å². The van der Waals surface area contributed by atoms with E-state index in [0.717, 1.165) is 5.56 Å². The van der Waals surface area contributed by atoms with Crippen molar-refractivity contribution in [3.8, 4) is 0 Å². The van der Waals surface area contributed by atoms with Crippen LogP contribution in [0.1, 0.15) is 35.7 Å². The van der Waals surface area contributed by atoms with Crippen molar-refractivity contribution in [1.29, 1.82) is 0 Å². The summed E-state index contributed by atoms with van der Waals surface area (Å²) in [7, 11) is 1.72. The SMILES string of the molecule is C=C1c2ccccc2C(=O)N1[C@H]1CCC2C(C(=O)OCC)C2N(C)C1=O. The summed E-state index contributed by atoms with van der Waals surface area (Å²) in [5.41, 5.74) is 1.95. The van der Waals surface area contributed by atoms with Crippen molar-refractivity contribution in [2.45, 2.75) is 31.8 Å². The van der Waals surface area contributed by atoms with E-state index in [1.807, 2.05) is 18.2 Å². The van der Waals surface area contributed by atoms with E-state index < -0.39 is 6.04 Å². The highest BCUT2D eigenvalue weighted by Gasteiger charge is 2.61. The maximum atomic E-state index is 13.1. The number of carbonyl (C=O) groups excluding carboxylic acids is 3. The Morgan fingerprint density at radius 1 is 1.23 bits per heavy atom. The molecule has 1 aliphatic carbocycles. The number of hydrogen-bond donors (Lipinski definition) is 0. The summed E-state index contributed by atoms with van der Waals surface area (Å²) < 4.78 is 5.13. The molecular formula is C20H22N2O4. The van der Waals surface area contributed by atoms with Crippen molar-refractivity contribution in [3.63, 3.8) is 0 Å². The minimum absolute atomic E-state index is 0.112. The number of nitrogens with zero attached hydrogens (tertiary/aromatic N) is 2. The number of likely N-dealkylation sites (N-methyl/N-ethyl adjacent to an activating group) is 1. The third-order valence-electron chi connectivity index (χ3n) is 5.83. The summed E-state index contributed by atoms with van der Waals surface area (Å²) in [6.45, 7) is 6.17. The summed E-state index contributed by atoms with van der Waals surface area (Å²) in [5.74, 6) is -0.656. The number of esters is 1. The Bertz CT molecular complexity index is 783. The first-order valence-electron chi connectivity index (χ1n) is 9.02. The Balaban J connectivity index is 1.56. The van der Waals surface area contributed by atoms with Gasteiger partial charge in [-0.25, -0.2) is 0 Å². The number of benzene rings is 1. The van der Waals surface area contributed by atoms with Gasteiger partial charge in [0.2, 0.25) is 5.91 Å². The van der Waals surface area contributed by atoms with E-state index in [9.17, 15) is 14.4 Å². The molecule has 3 unspecified atom stereocenters. The summed E-state index contributed by atoms with van der Waals surface area (Å²) in [5, 5.41) is 0. The number of fused-ring (bicyclic) bond motifs is 2. The fourth-order valence-electron chi connectivity index (χ4n) is 4.52. The Morgan fingerprint density at radius 2 is 1.92 bits per heavy atom.